The van der Waals surface area contributed by atoms with Crippen LogP contribution in [-0.4, -0.2) is 24.6 Å². The van der Waals surface area contributed by atoms with Crippen molar-refractivity contribution in [3.8, 4) is 11.8 Å². The van der Waals surface area contributed by atoms with Crippen LogP contribution >= 0.6 is 11.6 Å². The Morgan fingerprint density at radius 3 is 2.52 bits per heavy atom. The maximum absolute atomic E-state index is 12.0. The van der Waals surface area contributed by atoms with Crippen molar-refractivity contribution >= 4 is 23.5 Å². The maximum Gasteiger partial charge on any atom is 0.347 e. The smallest absolute Gasteiger partial charge is 0.347 e. The zero-order valence-corrected chi connectivity index (χ0v) is 15.7. The molecule has 0 fully saturated rings. The van der Waals surface area contributed by atoms with Crippen molar-refractivity contribution in [1.29, 1.82) is 5.26 Å². The summed E-state index contributed by atoms with van der Waals surface area (Å²) < 4.78 is 10.4. The topological polar surface area (TPSA) is 88.4 Å². The van der Waals surface area contributed by atoms with Crippen LogP contribution in [0.25, 0.3) is 0 Å². The molecule has 0 saturated heterocycles. The molecule has 1 amide bonds. The summed E-state index contributed by atoms with van der Waals surface area (Å²) in [5, 5.41) is 12.1. The predicted octanol–water partition coefficient (Wildman–Crippen LogP) is 3.40. The summed E-state index contributed by atoms with van der Waals surface area (Å²) in [6, 6.07) is 15.2. The summed E-state index contributed by atoms with van der Waals surface area (Å²) in [5.74, 6) is -0.663. The Labute approximate surface area is 162 Å². The first kappa shape index (κ1) is 20.3. The molecular formula is C20H19ClN2O4. The Bertz CT molecular complexity index is 846. The minimum Gasteiger partial charge on any atom is -0.479 e. The van der Waals surface area contributed by atoms with Crippen LogP contribution in [0.1, 0.15) is 31.0 Å². The molecule has 2 aromatic carbocycles. The lowest BCUT2D eigenvalue weighted by atomic mass is 10.1. The van der Waals surface area contributed by atoms with E-state index < -0.39 is 24.6 Å². The van der Waals surface area contributed by atoms with Gasteiger partial charge in [0, 0.05) is 5.02 Å². The molecule has 0 aliphatic rings. The Kier molecular flexibility index (Phi) is 7.21. The number of carbonyl (C=O) groups excluding carboxylic acids is 2. The van der Waals surface area contributed by atoms with Gasteiger partial charge in [-0.05, 0) is 55.8 Å². The van der Waals surface area contributed by atoms with Gasteiger partial charge in [-0.25, -0.2) is 4.79 Å². The third-order valence-electron chi connectivity index (χ3n) is 3.70. The molecule has 7 heteroatoms. The summed E-state index contributed by atoms with van der Waals surface area (Å²) in [4.78, 5) is 24.0. The van der Waals surface area contributed by atoms with Gasteiger partial charge in [0.1, 0.15) is 5.75 Å². The number of nitriles is 1. The first-order valence-electron chi connectivity index (χ1n) is 8.27. The molecule has 0 radical (unpaired) electrons. The van der Waals surface area contributed by atoms with Gasteiger partial charge >= 0.3 is 5.97 Å². The van der Waals surface area contributed by atoms with Gasteiger partial charge < -0.3 is 14.8 Å². The average Bonchev–Trinajstić information content (AvgIpc) is 2.66. The molecular weight excluding hydrogens is 368 g/mol. The molecule has 0 heterocycles. The number of esters is 1. The molecule has 0 aromatic heterocycles. The second-order valence-corrected chi connectivity index (χ2v) is 6.28. The van der Waals surface area contributed by atoms with E-state index in [9.17, 15) is 9.59 Å². The molecule has 0 saturated carbocycles. The zero-order valence-electron chi connectivity index (χ0n) is 14.9. The normalized spacial score (nSPS) is 12.4. The van der Waals surface area contributed by atoms with Gasteiger partial charge in [0.15, 0.2) is 12.7 Å². The average molecular weight is 387 g/mol. The van der Waals surface area contributed by atoms with E-state index in [1.54, 1.807) is 42.5 Å². The fourth-order valence-corrected chi connectivity index (χ4v) is 2.46. The minimum atomic E-state index is -0.893. The highest BCUT2D eigenvalue weighted by atomic mass is 35.5. The SMILES string of the molecule is C[C@@H](Oc1ccc(C#N)cc1)C(=O)OCC(=O)N[C@H](C)c1cccc(Cl)c1. The fourth-order valence-electron chi connectivity index (χ4n) is 2.26. The van der Waals surface area contributed by atoms with Gasteiger partial charge in [-0.2, -0.15) is 5.26 Å². The number of nitrogens with zero attached hydrogens (tertiary/aromatic N) is 1. The highest BCUT2D eigenvalue weighted by Crippen LogP contribution is 2.17. The molecule has 2 aromatic rings. The van der Waals surface area contributed by atoms with Crippen molar-refractivity contribution in [2.75, 3.05) is 6.61 Å². The molecule has 140 valence electrons. The van der Waals surface area contributed by atoms with E-state index in [1.165, 1.54) is 6.92 Å². The first-order chi connectivity index (χ1) is 12.9. The standard InChI is InChI=1S/C20H19ClN2O4/c1-13(16-4-3-5-17(21)10-16)23-19(24)12-26-20(25)14(2)27-18-8-6-15(11-22)7-9-18/h3-10,13-14H,12H2,1-2H3,(H,23,24)/t13-,14-/m1/s1. The van der Waals surface area contributed by atoms with E-state index in [2.05, 4.69) is 5.32 Å². The van der Waals surface area contributed by atoms with Crippen molar-refractivity contribution in [3.05, 3.63) is 64.7 Å². The van der Waals surface area contributed by atoms with E-state index in [4.69, 9.17) is 26.3 Å². The number of nitrogens with one attached hydrogen (secondary N) is 1. The van der Waals surface area contributed by atoms with Crippen LogP contribution in [0.15, 0.2) is 48.5 Å². The number of halogens is 1. The maximum atomic E-state index is 12.0. The second kappa shape index (κ2) is 9.60. The Balaban J connectivity index is 1.79. The van der Waals surface area contributed by atoms with Crippen LogP contribution in [0.3, 0.4) is 0 Å². The molecule has 6 nitrogen and oxygen atoms in total. The van der Waals surface area contributed by atoms with Crippen LogP contribution < -0.4 is 10.1 Å². The van der Waals surface area contributed by atoms with Crippen molar-refractivity contribution < 1.29 is 19.1 Å². The fraction of sp³-hybridized carbons (Fsp3) is 0.250. The lowest BCUT2D eigenvalue weighted by Crippen LogP contribution is -2.34. The Morgan fingerprint density at radius 2 is 1.89 bits per heavy atom. The summed E-state index contributed by atoms with van der Waals surface area (Å²) in [7, 11) is 0. The number of carbonyl (C=O) groups is 2. The lowest BCUT2D eigenvalue weighted by Gasteiger charge is -2.16. The molecule has 1 N–H and O–H groups in total. The van der Waals surface area contributed by atoms with E-state index in [1.807, 2.05) is 19.1 Å². The number of amides is 1. The third-order valence-corrected chi connectivity index (χ3v) is 3.93. The minimum absolute atomic E-state index is 0.276. The van der Waals surface area contributed by atoms with E-state index in [0.717, 1.165) is 5.56 Å². The quantitative estimate of drug-likeness (QED) is 0.737. The second-order valence-electron chi connectivity index (χ2n) is 5.85. The van der Waals surface area contributed by atoms with Gasteiger partial charge in [0.05, 0.1) is 17.7 Å². The molecule has 0 bridgehead atoms. The highest BCUT2D eigenvalue weighted by molar-refractivity contribution is 6.30. The molecule has 2 rings (SSSR count). The van der Waals surface area contributed by atoms with Crippen LogP contribution in [0.2, 0.25) is 5.02 Å². The Hall–Kier alpha value is -3.04. The molecule has 0 aliphatic heterocycles. The third kappa shape index (κ3) is 6.32. The number of ether oxygens (including phenoxy) is 2. The Morgan fingerprint density at radius 1 is 1.19 bits per heavy atom. The predicted molar refractivity (Wildman–Crippen MR) is 100 cm³/mol. The van der Waals surface area contributed by atoms with Crippen molar-refractivity contribution in [1.82, 2.24) is 5.32 Å². The first-order valence-corrected chi connectivity index (χ1v) is 8.65. The van der Waals surface area contributed by atoms with Crippen molar-refractivity contribution in [3.63, 3.8) is 0 Å². The van der Waals surface area contributed by atoms with Crippen LogP contribution in [-0.2, 0) is 14.3 Å². The van der Waals surface area contributed by atoms with Crippen LogP contribution in [0.5, 0.6) is 5.75 Å². The summed E-state index contributed by atoms with van der Waals surface area (Å²) in [6.45, 7) is 2.92. The van der Waals surface area contributed by atoms with Gasteiger partial charge in [-0.15, -0.1) is 0 Å². The lowest BCUT2D eigenvalue weighted by molar-refractivity contribution is -0.154. The largest absolute Gasteiger partial charge is 0.479 e. The number of rotatable bonds is 7. The van der Waals surface area contributed by atoms with Crippen molar-refractivity contribution in [2.45, 2.75) is 26.0 Å². The summed E-state index contributed by atoms with van der Waals surface area (Å²) >= 11 is 5.93. The van der Waals surface area contributed by atoms with Gasteiger partial charge in [0.2, 0.25) is 0 Å². The van der Waals surface area contributed by atoms with Crippen LogP contribution in [0, 0.1) is 11.3 Å². The molecule has 0 aliphatic carbocycles. The summed E-state index contributed by atoms with van der Waals surface area (Å²) in [5.41, 5.74) is 1.34. The van der Waals surface area contributed by atoms with Gasteiger partial charge in [-0.1, -0.05) is 23.7 Å². The molecule has 2 atom stereocenters. The van der Waals surface area contributed by atoms with E-state index in [0.29, 0.717) is 16.3 Å². The number of hydrogen-bond donors (Lipinski definition) is 1. The number of hydrogen-bond acceptors (Lipinski definition) is 5. The zero-order chi connectivity index (χ0) is 19.8. The highest BCUT2D eigenvalue weighted by Gasteiger charge is 2.18. The molecule has 27 heavy (non-hydrogen) atoms. The van der Waals surface area contributed by atoms with Gasteiger partial charge in [0.25, 0.3) is 5.91 Å². The molecule has 0 spiro atoms. The van der Waals surface area contributed by atoms with Crippen molar-refractivity contribution in [2.24, 2.45) is 0 Å². The monoisotopic (exact) mass is 386 g/mol. The van der Waals surface area contributed by atoms with E-state index >= 15 is 0 Å². The molecule has 0 unspecified atom stereocenters. The number of benzene rings is 2. The van der Waals surface area contributed by atoms with E-state index in [-0.39, 0.29) is 6.04 Å². The van der Waals surface area contributed by atoms with Gasteiger partial charge in [-0.3, -0.25) is 4.79 Å². The summed E-state index contributed by atoms with van der Waals surface area (Å²) in [6.07, 6.45) is -0.893. The van der Waals surface area contributed by atoms with Crippen LogP contribution in [0.4, 0.5) is 0 Å².